The number of halogens is 1. The molecule has 0 spiro atoms. The predicted octanol–water partition coefficient (Wildman–Crippen LogP) is 1.50. The molecule has 0 unspecified atom stereocenters. The summed E-state index contributed by atoms with van der Waals surface area (Å²) in [7, 11) is 0. The second-order valence-electron chi connectivity index (χ2n) is 4.34. The van der Waals surface area contributed by atoms with Crippen molar-refractivity contribution in [3.63, 3.8) is 0 Å². The molecule has 2 heterocycles. The number of nitrogens with one attached hydrogen (secondary N) is 1. The summed E-state index contributed by atoms with van der Waals surface area (Å²) in [6, 6.07) is 1.60. The van der Waals surface area contributed by atoms with Gasteiger partial charge >= 0.3 is 0 Å². The molecular formula is C11H13ClN2O2. The summed E-state index contributed by atoms with van der Waals surface area (Å²) in [5, 5.41) is 3.26. The summed E-state index contributed by atoms with van der Waals surface area (Å²) in [4.78, 5) is 15.7. The first-order valence-electron chi connectivity index (χ1n) is 5.06. The Morgan fingerprint density at radius 2 is 2.44 bits per heavy atom. The maximum Gasteiger partial charge on any atom is 0.254 e. The smallest absolute Gasteiger partial charge is 0.254 e. The van der Waals surface area contributed by atoms with Gasteiger partial charge in [-0.1, -0.05) is 18.5 Å². The molecule has 5 heteroatoms. The van der Waals surface area contributed by atoms with Crippen molar-refractivity contribution in [2.45, 2.75) is 6.92 Å². The van der Waals surface area contributed by atoms with Gasteiger partial charge in [-0.3, -0.25) is 9.78 Å². The van der Waals surface area contributed by atoms with Crippen LogP contribution in [0.5, 0.6) is 0 Å². The van der Waals surface area contributed by atoms with E-state index < -0.39 is 0 Å². The van der Waals surface area contributed by atoms with Crippen LogP contribution in [0.25, 0.3) is 0 Å². The van der Waals surface area contributed by atoms with E-state index in [1.807, 2.05) is 0 Å². The van der Waals surface area contributed by atoms with E-state index in [1.165, 1.54) is 6.20 Å². The van der Waals surface area contributed by atoms with Crippen molar-refractivity contribution >= 4 is 17.5 Å². The number of amides is 1. The van der Waals surface area contributed by atoms with E-state index in [2.05, 4.69) is 17.2 Å². The van der Waals surface area contributed by atoms with Crippen molar-refractivity contribution in [1.82, 2.24) is 10.3 Å². The zero-order valence-corrected chi connectivity index (χ0v) is 9.75. The molecule has 1 amide bonds. The van der Waals surface area contributed by atoms with Crippen LogP contribution in [-0.4, -0.2) is 30.6 Å². The monoisotopic (exact) mass is 240 g/mol. The summed E-state index contributed by atoms with van der Waals surface area (Å²) < 4.78 is 5.11. The van der Waals surface area contributed by atoms with Gasteiger partial charge in [0, 0.05) is 24.4 Å². The maximum absolute atomic E-state index is 11.8. The lowest BCUT2D eigenvalue weighted by molar-refractivity contribution is -0.0978. The molecule has 4 nitrogen and oxygen atoms in total. The first-order valence-corrected chi connectivity index (χ1v) is 5.44. The SMILES string of the molecule is CC1(CNC(=O)c2cnccc2Cl)COC1. The minimum absolute atomic E-state index is 0.0599. The molecule has 1 saturated heterocycles. The molecule has 1 N–H and O–H groups in total. The van der Waals surface area contributed by atoms with Gasteiger partial charge in [-0.2, -0.15) is 0 Å². The molecule has 0 aromatic carbocycles. The van der Waals surface area contributed by atoms with Gasteiger partial charge in [0.2, 0.25) is 0 Å². The molecule has 1 aromatic heterocycles. The van der Waals surface area contributed by atoms with Gasteiger partial charge in [-0.25, -0.2) is 0 Å². The molecule has 0 bridgehead atoms. The standard InChI is InChI=1S/C11H13ClN2O2/c1-11(6-16-7-11)5-14-10(15)8-4-13-3-2-9(8)12/h2-4H,5-7H2,1H3,(H,14,15). The van der Waals surface area contributed by atoms with E-state index in [0.29, 0.717) is 30.3 Å². The van der Waals surface area contributed by atoms with Gasteiger partial charge in [0.15, 0.2) is 0 Å². The van der Waals surface area contributed by atoms with Crippen molar-refractivity contribution < 1.29 is 9.53 Å². The van der Waals surface area contributed by atoms with Crippen LogP contribution in [0.2, 0.25) is 5.02 Å². The molecular weight excluding hydrogens is 228 g/mol. The van der Waals surface area contributed by atoms with Gasteiger partial charge in [-0.05, 0) is 6.07 Å². The van der Waals surface area contributed by atoms with Gasteiger partial charge in [0.05, 0.1) is 23.8 Å². The number of hydrogen-bond donors (Lipinski definition) is 1. The summed E-state index contributed by atoms with van der Waals surface area (Å²) in [5.41, 5.74) is 0.470. The van der Waals surface area contributed by atoms with Crippen LogP contribution >= 0.6 is 11.6 Å². The third-order valence-corrected chi connectivity index (χ3v) is 2.92. The van der Waals surface area contributed by atoms with E-state index in [-0.39, 0.29) is 11.3 Å². The fraction of sp³-hybridized carbons (Fsp3) is 0.455. The lowest BCUT2D eigenvalue weighted by atomic mass is 9.89. The highest BCUT2D eigenvalue weighted by atomic mass is 35.5. The number of aromatic nitrogens is 1. The first kappa shape index (κ1) is 11.4. The van der Waals surface area contributed by atoms with Gasteiger partial charge in [0.1, 0.15) is 0 Å². The third kappa shape index (κ3) is 2.33. The Hall–Kier alpha value is -1.13. The number of rotatable bonds is 3. The fourth-order valence-corrected chi connectivity index (χ4v) is 1.68. The molecule has 16 heavy (non-hydrogen) atoms. The van der Waals surface area contributed by atoms with Crippen LogP contribution in [0.15, 0.2) is 18.5 Å². The van der Waals surface area contributed by atoms with Crippen LogP contribution in [0.1, 0.15) is 17.3 Å². The van der Waals surface area contributed by atoms with Crippen LogP contribution in [0, 0.1) is 5.41 Å². The van der Waals surface area contributed by atoms with E-state index >= 15 is 0 Å². The first-order chi connectivity index (χ1) is 7.61. The molecule has 1 aromatic rings. The molecule has 2 rings (SSSR count). The van der Waals surface area contributed by atoms with Crippen molar-refractivity contribution in [2.75, 3.05) is 19.8 Å². The second kappa shape index (κ2) is 4.39. The van der Waals surface area contributed by atoms with Crippen molar-refractivity contribution in [3.8, 4) is 0 Å². The minimum atomic E-state index is -0.189. The zero-order valence-electron chi connectivity index (χ0n) is 9.00. The Bertz CT molecular complexity index is 405. The number of ether oxygens (including phenoxy) is 1. The topological polar surface area (TPSA) is 51.2 Å². The maximum atomic E-state index is 11.8. The van der Waals surface area contributed by atoms with E-state index in [1.54, 1.807) is 12.3 Å². The number of nitrogens with zero attached hydrogens (tertiary/aromatic N) is 1. The Morgan fingerprint density at radius 1 is 1.69 bits per heavy atom. The third-order valence-electron chi connectivity index (χ3n) is 2.59. The Kier molecular flexibility index (Phi) is 3.12. The van der Waals surface area contributed by atoms with Crippen LogP contribution in [-0.2, 0) is 4.74 Å². The van der Waals surface area contributed by atoms with Crippen LogP contribution in [0.3, 0.4) is 0 Å². The molecule has 1 aliphatic heterocycles. The number of pyridine rings is 1. The summed E-state index contributed by atoms with van der Waals surface area (Å²) in [6.07, 6.45) is 3.03. The normalized spacial score (nSPS) is 17.6. The van der Waals surface area contributed by atoms with Crippen molar-refractivity contribution in [2.24, 2.45) is 5.41 Å². The molecule has 1 fully saturated rings. The highest BCUT2D eigenvalue weighted by Crippen LogP contribution is 2.25. The zero-order chi connectivity index (χ0) is 11.6. The predicted molar refractivity (Wildman–Crippen MR) is 60.5 cm³/mol. The fourth-order valence-electron chi connectivity index (χ4n) is 1.49. The van der Waals surface area contributed by atoms with E-state index in [9.17, 15) is 4.79 Å². The molecule has 0 aliphatic carbocycles. The summed E-state index contributed by atoms with van der Waals surface area (Å²) >= 11 is 5.89. The van der Waals surface area contributed by atoms with E-state index in [4.69, 9.17) is 16.3 Å². The molecule has 86 valence electrons. The number of carbonyl (C=O) groups excluding carboxylic acids is 1. The molecule has 1 aliphatic rings. The largest absolute Gasteiger partial charge is 0.380 e. The Balaban J connectivity index is 1.96. The average molecular weight is 241 g/mol. The molecule has 0 radical (unpaired) electrons. The minimum Gasteiger partial charge on any atom is -0.380 e. The summed E-state index contributed by atoms with van der Waals surface area (Å²) in [5.74, 6) is -0.189. The lowest BCUT2D eigenvalue weighted by Gasteiger charge is -2.38. The van der Waals surface area contributed by atoms with Crippen molar-refractivity contribution in [1.29, 1.82) is 0 Å². The number of hydrogen-bond acceptors (Lipinski definition) is 3. The Labute approximate surface area is 99.0 Å². The number of carbonyl (C=O) groups is 1. The quantitative estimate of drug-likeness (QED) is 0.871. The van der Waals surface area contributed by atoms with Gasteiger partial charge in [0.25, 0.3) is 5.91 Å². The summed E-state index contributed by atoms with van der Waals surface area (Å²) in [6.45, 7) is 4.04. The highest BCUT2D eigenvalue weighted by Gasteiger charge is 2.33. The van der Waals surface area contributed by atoms with Gasteiger partial charge < -0.3 is 10.1 Å². The van der Waals surface area contributed by atoms with Crippen LogP contribution < -0.4 is 5.32 Å². The molecule has 0 atom stereocenters. The Morgan fingerprint density at radius 3 is 3.00 bits per heavy atom. The average Bonchev–Trinajstić information content (AvgIpc) is 2.24. The van der Waals surface area contributed by atoms with Crippen LogP contribution in [0.4, 0.5) is 0 Å². The van der Waals surface area contributed by atoms with E-state index in [0.717, 1.165) is 0 Å². The highest BCUT2D eigenvalue weighted by molar-refractivity contribution is 6.33. The van der Waals surface area contributed by atoms with Gasteiger partial charge in [-0.15, -0.1) is 0 Å². The molecule has 0 saturated carbocycles. The second-order valence-corrected chi connectivity index (χ2v) is 4.75. The lowest BCUT2D eigenvalue weighted by Crippen LogP contribution is -2.48. The van der Waals surface area contributed by atoms with Crippen molar-refractivity contribution in [3.05, 3.63) is 29.0 Å².